The van der Waals surface area contributed by atoms with Gasteiger partial charge in [-0.15, -0.1) is 0 Å². The first-order valence-electron chi connectivity index (χ1n) is 10.7. The molecule has 3 aromatic rings. The van der Waals surface area contributed by atoms with Gasteiger partial charge >= 0.3 is 0 Å². The Labute approximate surface area is 176 Å². The Kier molecular flexibility index (Phi) is 4.62. The molecule has 4 heteroatoms. The lowest BCUT2D eigenvalue weighted by Crippen LogP contribution is -2.30. The SMILES string of the molecule is Cc1ccc(-n2ncc3c2C=C2CCC(C[C@@H](O)c4ccc(F)cc4)[C@@]2(C)C3)cc1. The van der Waals surface area contributed by atoms with E-state index in [9.17, 15) is 9.50 Å². The minimum Gasteiger partial charge on any atom is -0.388 e. The van der Waals surface area contributed by atoms with Gasteiger partial charge in [0, 0.05) is 0 Å². The van der Waals surface area contributed by atoms with Crippen molar-refractivity contribution in [2.24, 2.45) is 11.3 Å². The summed E-state index contributed by atoms with van der Waals surface area (Å²) in [6.45, 7) is 4.43. The van der Waals surface area contributed by atoms with Crippen molar-refractivity contribution >= 4 is 6.08 Å². The van der Waals surface area contributed by atoms with E-state index < -0.39 is 6.10 Å². The number of allylic oxidation sites excluding steroid dienone is 1. The maximum atomic E-state index is 13.2. The van der Waals surface area contributed by atoms with E-state index in [-0.39, 0.29) is 11.2 Å². The fraction of sp³-hybridized carbons (Fsp3) is 0.346. The first kappa shape index (κ1) is 19.3. The van der Waals surface area contributed by atoms with Crippen LogP contribution >= 0.6 is 0 Å². The van der Waals surface area contributed by atoms with Gasteiger partial charge in [0.1, 0.15) is 5.82 Å². The third-order valence-electron chi connectivity index (χ3n) is 7.19. The number of fused-ring (bicyclic) bond motifs is 2. The van der Waals surface area contributed by atoms with Crippen molar-refractivity contribution in [2.45, 2.75) is 45.6 Å². The van der Waals surface area contributed by atoms with E-state index in [0.29, 0.717) is 12.3 Å². The number of aliphatic hydroxyl groups is 1. The molecule has 0 saturated heterocycles. The number of aliphatic hydroxyl groups excluding tert-OH is 1. The van der Waals surface area contributed by atoms with Gasteiger partial charge in [-0.05, 0) is 85.4 Å². The van der Waals surface area contributed by atoms with Gasteiger partial charge in [-0.3, -0.25) is 0 Å². The summed E-state index contributed by atoms with van der Waals surface area (Å²) < 4.78 is 15.3. The van der Waals surface area contributed by atoms with Crippen LogP contribution in [0.1, 0.15) is 54.7 Å². The molecular formula is C26H27FN2O. The maximum Gasteiger partial charge on any atom is 0.123 e. The number of aryl methyl sites for hydroxylation is 1. The van der Waals surface area contributed by atoms with E-state index in [2.05, 4.69) is 49.3 Å². The molecule has 1 N–H and O–H groups in total. The van der Waals surface area contributed by atoms with E-state index in [1.54, 1.807) is 12.1 Å². The topological polar surface area (TPSA) is 38.0 Å². The third kappa shape index (κ3) is 3.20. The number of nitrogens with zero attached hydrogens (tertiary/aromatic N) is 2. The second kappa shape index (κ2) is 7.21. The Morgan fingerprint density at radius 1 is 1.17 bits per heavy atom. The molecule has 3 nitrogen and oxygen atoms in total. The molecular weight excluding hydrogens is 375 g/mol. The standard InChI is InChI=1S/C26H27FN2O/c1-17-3-11-23(12-4-17)29-24-13-20-7-8-21(26(20,2)15-19(24)16-28-29)14-25(30)18-5-9-22(27)10-6-18/h3-6,9-13,16,21,25,30H,7-8,14-15H2,1-2H3/t21?,25-,26+/m1/s1. The molecule has 1 fully saturated rings. The van der Waals surface area contributed by atoms with Crippen molar-refractivity contribution in [3.8, 4) is 5.69 Å². The minimum atomic E-state index is -0.566. The van der Waals surface area contributed by atoms with Crippen molar-refractivity contribution in [2.75, 3.05) is 0 Å². The quantitative estimate of drug-likeness (QED) is 0.599. The predicted octanol–water partition coefficient (Wildman–Crippen LogP) is 5.80. The van der Waals surface area contributed by atoms with E-state index in [1.165, 1.54) is 34.5 Å². The van der Waals surface area contributed by atoms with E-state index in [4.69, 9.17) is 0 Å². The van der Waals surface area contributed by atoms with Gasteiger partial charge in [0.05, 0.1) is 23.7 Å². The molecule has 2 aliphatic carbocycles. The average Bonchev–Trinajstić information content (AvgIpc) is 3.27. The highest BCUT2D eigenvalue weighted by atomic mass is 19.1. The second-order valence-corrected chi connectivity index (χ2v) is 9.10. The maximum absolute atomic E-state index is 13.2. The van der Waals surface area contributed by atoms with Crippen LogP contribution in [0.5, 0.6) is 0 Å². The molecule has 0 amide bonds. The van der Waals surface area contributed by atoms with Gasteiger partial charge in [0.25, 0.3) is 0 Å². The molecule has 3 atom stereocenters. The lowest BCUT2D eigenvalue weighted by atomic mass is 9.68. The van der Waals surface area contributed by atoms with Crippen LogP contribution in [-0.4, -0.2) is 14.9 Å². The normalized spacial score (nSPS) is 23.6. The number of halogens is 1. The van der Waals surface area contributed by atoms with Gasteiger partial charge in [0.15, 0.2) is 0 Å². The minimum absolute atomic E-state index is 0.0369. The monoisotopic (exact) mass is 402 g/mol. The number of benzene rings is 2. The fourth-order valence-corrected chi connectivity index (χ4v) is 5.29. The van der Waals surface area contributed by atoms with E-state index >= 15 is 0 Å². The summed E-state index contributed by atoms with van der Waals surface area (Å²) in [4.78, 5) is 0. The van der Waals surface area contributed by atoms with Crippen molar-refractivity contribution in [3.63, 3.8) is 0 Å². The molecule has 154 valence electrons. The molecule has 0 radical (unpaired) electrons. The van der Waals surface area contributed by atoms with Crippen molar-refractivity contribution in [1.82, 2.24) is 9.78 Å². The second-order valence-electron chi connectivity index (χ2n) is 9.10. The average molecular weight is 403 g/mol. The van der Waals surface area contributed by atoms with Crippen LogP contribution in [-0.2, 0) is 6.42 Å². The van der Waals surface area contributed by atoms with Gasteiger partial charge in [-0.1, -0.05) is 42.3 Å². The molecule has 1 unspecified atom stereocenters. The molecule has 2 aromatic carbocycles. The molecule has 0 aliphatic heterocycles. The summed E-state index contributed by atoms with van der Waals surface area (Å²) in [5.41, 5.74) is 7.07. The lowest BCUT2D eigenvalue weighted by molar-refractivity contribution is 0.112. The number of hydrogen-bond donors (Lipinski definition) is 1. The summed E-state index contributed by atoms with van der Waals surface area (Å²) in [6.07, 6.45) is 7.53. The highest BCUT2D eigenvalue weighted by molar-refractivity contribution is 5.62. The smallest absolute Gasteiger partial charge is 0.123 e. The number of aromatic nitrogens is 2. The lowest BCUT2D eigenvalue weighted by Gasteiger charge is -2.37. The van der Waals surface area contributed by atoms with Gasteiger partial charge in [0.2, 0.25) is 0 Å². The Morgan fingerprint density at radius 2 is 1.90 bits per heavy atom. The third-order valence-corrected chi connectivity index (χ3v) is 7.19. The molecule has 0 bridgehead atoms. The molecule has 30 heavy (non-hydrogen) atoms. The van der Waals surface area contributed by atoms with Gasteiger partial charge < -0.3 is 5.11 Å². The van der Waals surface area contributed by atoms with Crippen LogP contribution in [0.3, 0.4) is 0 Å². The molecule has 1 aromatic heterocycles. The van der Waals surface area contributed by atoms with Crippen LogP contribution < -0.4 is 0 Å². The summed E-state index contributed by atoms with van der Waals surface area (Å²) in [5, 5.41) is 15.5. The summed E-state index contributed by atoms with van der Waals surface area (Å²) >= 11 is 0. The molecule has 5 rings (SSSR count). The van der Waals surface area contributed by atoms with Crippen molar-refractivity contribution < 1.29 is 9.50 Å². The molecule has 1 saturated carbocycles. The zero-order valence-electron chi connectivity index (χ0n) is 17.5. The van der Waals surface area contributed by atoms with E-state index in [1.807, 2.05) is 10.9 Å². The first-order valence-corrected chi connectivity index (χ1v) is 10.7. The van der Waals surface area contributed by atoms with Crippen molar-refractivity contribution in [3.05, 3.63) is 88.5 Å². The molecule has 0 spiro atoms. The van der Waals surface area contributed by atoms with Crippen LogP contribution in [0, 0.1) is 24.1 Å². The Balaban J connectivity index is 1.41. The Hall–Kier alpha value is -2.72. The Morgan fingerprint density at radius 3 is 2.63 bits per heavy atom. The molecule has 1 heterocycles. The number of hydrogen-bond acceptors (Lipinski definition) is 2. The van der Waals surface area contributed by atoms with Gasteiger partial charge in [-0.25, -0.2) is 9.07 Å². The Bertz CT molecular complexity index is 1100. The predicted molar refractivity (Wildman–Crippen MR) is 117 cm³/mol. The van der Waals surface area contributed by atoms with Crippen LogP contribution in [0.25, 0.3) is 11.8 Å². The largest absolute Gasteiger partial charge is 0.388 e. The van der Waals surface area contributed by atoms with Crippen LogP contribution in [0.4, 0.5) is 4.39 Å². The van der Waals surface area contributed by atoms with Gasteiger partial charge in [-0.2, -0.15) is 5.10 Å². The van der Waals surface area contributed by atoms with E-state index in [0.717, 1.165) is 30.5 Å². The highest BCUT2D eigenvalue weighted by Gasteiger charge is 2.46. The van der Waals surface area contributed by atoms with Crippen LogP contribution in [0.15, 0.2) is 60.3 Å². The fourth-order valence-electron chi connectivity index (χ4n) is 5.29. The zero-order valence-corrected chi connectivity index (χ0v) is 17.5. The number of rotatable bonds is 4. The summed E-state index contributed by atoms with van der Waals surface area (Å²) in [7, 11) is 0. The summed E-state index contributed by atoms with van der Waals surface area (Å²) in [5.74, 6) is 0.120. The highest BCUT2D eigenvalue weighted by Crippen LogP contribution is 2.55. The summed E-state index contributed by atoms with van der Waals surface area (Å²) in [6, 6.07) is 14.7. The molecule has 2 aliphatic rings. The van der Waals surface area contributed by atoms with Crippen LogP contribution in [0.2, 0.25) is 0 Å². The zero-order chi connectivity index (χ0) is 20.9. The first-order chi connectivity index (χ1) is 14.4. The van der Waals surface area contributed by atoms with Crippen molar-refractivity contribution in [1.29, 1.82) is 0 Å².